The average molecular weight is 1450 g/mol. The lowest BCUT2D eigenvalue weighted by molar-refractivity contribution is -0.385. The smallest absolute Gasteiger partial charge is 0.358 e. The lowest BCUT2D eigenvalue weighted by atomic mass is 10.0. The first kappa shape index (κ1) is 68.9. The van der Waals surface area contributed by atoms with E-state index in [0.29, 0.717) is 28.9 Å². The number of rotatable bonds is 19. The maximum atomic E-state index is 13.2. The number of nitro groups is 1. The molecule has 93 heavy (non-hydrogen) atoms. The Morgan fingerprint density at radius 3 is 1.35 bits per heavy atom. The van der Waals surface area contributed by atoms with Crippen LogP contribution >= 0.6 is 0 Å². The number of phenols is 2. The van der Waals surface area contributed by atoms with Crippen molar-refractivity contribution in [3.63, 3.8) is 0 Å². The average Bonchev–Trinajstić information content (AvgIpc) is 1.35. The number of carboxylic acid groups (broad SMARTS) is 1. The Morgan fingerprint density at radius 1 is 0.441 bits per heavy atom. The summed E-state index contributed by atoms with van der Waals surface area (Å²) in [6.45, 7) is 0. The first-order valence-electron chi connectivity index (χ1n) is 23.1. The van der Waals surface area contributed by atoms with E-state index in [4.69, 9.17) is 5.73 Å². The van der Waals surface area contributed by atoms with Crippen LogP contribution in [0.5, 0.6) is 17.4 Å². The molecule has 0 fully saturated rings. The van der Waals surface area contributed by atoms with Gasteiger partial charge in [0.25, 0.3) is 86.6 Å². The van der Waals surface area contributed by atoms with Crippen molar-refractivity contribution in [1.82, 2.24) is 9.78 Å². The first-order valence-corrected chi connectivity index (χ1v) is 34.6. The molecule has 14 N–H and O–H groups in total. The third kappa shape index (κ3) is 14.0. The lowest BCUT2D eigenvalue weighted by Crippen LogP contribution is -2.04. The van der Waals surface area contributed by atoms with E-state index >= 15 is 0 Å². The van der Waals surface area contributed by atoms with Crippen LogP contribution < -0.4 is 5.73 Å². The van der Waals surface area contributed by atoms with Gasteiger partial charge in [-0.05, 0) is 72.8 Å². The summed E-state index contributed by atoms with van der Waals surface area (Å²) < 4.78 is 282. The summed E-state index contributed by atoms with van der Waals surface area (Å²) >= 11 is 0. The van der Waals surface area contributed by atoms with E-state index in [1.807, 2.05) is 0 Å². The number of nitrogens with zero attached hydrogens (tertiary/aromatic N) is 11. The van der Waals surface area contributed by atoms with E-state index < -0.39 is 232 Å². The highest BCUT2D eigenvalue weighted by molar-refractivity contribution is 7.88. The number of aromatic carboxylic acids is 1. The Morgan fingerprint density at radius 2 is 0.882 bits per heavy atom. The summed E-state index contributed by atoms with van der Waals surface area (Å²) in [5.74, 6) is -6.48. The van der Waals surface area contributed by atoms with Gasteiger partial charge in [-0.25, -0.2) is 4.79 Å². The van der Waals surface area contributed by atoms with Crippen LogP contribution in [0.3, 0.4) is 0 Å². The van der Waals surface area contributed by atoms with Crippen LogP contribution in [0.2, 0.25) is 0 Å². The van der Waals surface area contributed by atoms with E-state index in [9.17, 15) is 139 Å². The number of phenolic OH excluding ortho intramolecular Hbond substituents is 2. The first-order chi connectivity index (χ1) is 42.5. The second-order valence-electron chi connectivity index (χ2n) is 17.9. The summed E-state index contributed by atoms with van der Waals surface area (Å²) in [6.07, 6.45) is 0. The molecule has 0 amide bonds. The van der Waals surface area contributed by atoms with Gasteiger partial charge in [-0.15, -0.1) is 40.9 Å². The van der Waals surface area contributed by atoms with E-state index in [0.717, 1.165) is 24.3 Å². The van der Waals surface area contributed by atoms with Crippen LogP contribution in [0, 0.1) is 10.1 Å². The van der Waals surface area contributed by atoms with Crippen molar-refractivity contribution in [2.24, 2.45) is 40.9 Å². The standard InChI is InChI=1S/C42H28N12O31S8/c43-33-25(13-26(87(65,66)67)20-11-31(92(80,81)82)35(39(56)32(20)33)50-44-21-7-3-16(54(60)61)9-27(21)88(68,69)70)48-45-22-8-6-18-19(40(22)93(83,84)85)10-30(91(77,78)79)34(38(18)55)49-46-23-12-24(29(90(74,75)76)14-28(23)89(71,72)73)47-51-36-37(42(58)59)52-53(41(36)57)15-1-4-17(5-2-15)86(62,63)64/h1-14,55-57H,43H2,(H,58,59)(H,62,63,64)(H,65,66,67)(H,68,69,70)(H,71,72,73)(H,74,75,76)(H,77,78,79)(H,80,81,82)(H,83,84,85)/b48-45?,49-46?,50-44?,51-47+. The van der Waals surface area contributed by atoms with Crippen molar-refractivity contribution < 1.29 is 134 Å². The minimum Gasteiger partial charge on any atom is -0.505 e. The monoisotopic (exact) mass is 1450 g/mol. The van der Waals surface area contributed by atoms with Gasteiger partial charge in [0.15, 0.2) is 17.2 Å². The molecule has 0 saturated heterocycles. The van der Waals surface area contributed by atoms with Crippen molar-refractivity contribution >= 4 is 165 Å². The number of carboxylic acids is 1. The van der Waals surface area contributed by atoms with Gasteiger partial charge >= 0.3 is 5.97 Å². The van der Waals surface area contributed by atoms with Gasteiger partial charge in [0.2, 0.25) is 11.6 Å². The zero-order chi connectivity index (χ0) is 69.6. The molecule has 0 aliphatic heterocycles. The number of nitrogens with two attached hydrogens (primary N) is 1. The number of aromatic nitrogens is 2. The number of non-ortho nitro benzene ring substituents is 1. The summed E-state index contributed by atoms with van der Waals surface area (Å²) in [5, 5.41) is 81.8. The second kappa shape index (κ2) is 23.6. The number of aromatic hydroxyl groups is 3. The SMILES string of the molecule is Nc1c(N=Nc2ccc3c(O)c(N=Nc4cc(/N=N/c5c(C(=O)O)nn(-c6ccc(S(=O)(=O)O)cc6)c5O)c(S(=O)(=O)O)cc4S(=O)(=O)O)c(S(=O)(=O)O)cc3c2S(=O)(=O)O)cc(S(=O)(=O)O)c2cc(S(=O)(=O)O)c(N=Nc3ccc([N+](=O)[O-])cc3S(=O)(=O)O)c(O)c12. The molecule has 7 aromatic carbocycles. The Hall–Kier alpha value is -9.98. The molecule has 0 unspecified atom stereocenters. The van der Waals surface area contributed by atoms with E-state index in [1.165, 1.54) is 0 Å². The van der Waals surface area contributed by atoms with E-state index in [1.54, 1.807) is 0 Å². The molecule has 0 bridgehead atoms. The molecule has 43 nitrogen and oxygen atoms in total. The molecule has 1 heterocycles. The van der Waals surface area contributed by atoms with Gasteiger partial charge < -0.3 is 26.2 Å². The number of anilines is 1. The molecule has 1 aromatic heterocycles. The molecule has 8 aromatic rings. The third-order valence-electron chi connectivity index (χ3n) is 12.1. The number of carbonyl (C=O) groups is 1. The van der Waals surface area contributed by atoms with Crippen molar-refractivity contribution in [2.45, 2.75) is 39.2 Å². The normalized spacial score (nSPS) is 13.4. The van der Waals surface area contributed by atoms with Gasteiger partial charge in [-0.2, -0.15) is 77.1 Å². The Labute approximate surface area is 515 Å². The number of fused-ring (bicyclic) bond motifs is 2. The van der Waals surface area contributed by atoms with Crippen molar-refractivity contribution in [3.05, 3.63) is 101 Å². The van der Waals surface area contributed by atoms with Crippen LogP contribution in [0.15, 0.2) is 165 Å². The molecule has 490 valence electrons. The van der Waals surface area contributed by atoms with Gasteiger partial charge in [0.05, 0.1) is 26.6 Å². The fraction of sp³-hybridized carbons (Fsp3) is 0. The van der Waals surface area contributed by atoms with Crippen LogP contribution in [0.4, 0.5) is 56.9 Å². The van der Waals surface area contributed by atoms with Crippen molar-refractivity contribution in [2.75, 3.05) is 5.73 Å². The van der Waals surface area contributed by atoms with E-state index in [-0.39, 0.29) is 42.1 Å². The number of azo groups is 4. The maximum Gasteiger partial charge on any atom is 0.358 e. The zero-order valence-electron chi connectivity index (χ0n) is 44.0. The van der Waals surface area contributed by atoms with Crippen LogP contribution in [-0.2, 0) is 80.9 Å². The van der Waals surface area contributed by atoms with Crippen LogP contribution in [-0.4, -0.2) is 145 Å². The van der Waals surface area contributed by atoms with Gasteiger partial charge in [-0.3, -0.25) is 46.5 Å². The molecule has 0 radical (unpaired) electrons. The third-order valence-corrected chi connectivity index (χ3v) is 19.1. The zero-order valence-corrected chi connectivity index (χ0v) is 50.5. The number of hydrogen-bond acceptors (Lipinski definition) is 32. The minimum atomic E-state index is -5.96. The molecule has 0 aliphatic carbocycles. The highest BCUT2D eigenvalue weighted by atomic mass is 32.2. The molecule has 8 rings (SSSR count). The largest absolute Gasteiger partial charge is 0.505 e. The molecule has 0 aliphatic rings. The van der Waals surface area contributed by atoms with Gasteiger partial charge in [-0.1, -0.05) is 0 Å². The number of nitrogen functional groups attached to an aromatic ring is 1. The molecular formula is C42H28N12O31S8. The number of nitro benzene ring substituents is 1. The molecule has 0 spiro atoms. The van der Waals surface area contributed by atoms with Crippen LogP contribution in [0.1, 0.15) is 10.5 Å². The van der Waals surface area contributed by atoms with Gasteiger partial charge in [0.1, 0.15) is 74.1 Å². The summed E-state index contributed by atoms with van der Waals surface area (Å²) in [4.78, 5) is 10.6. The fourth-order valence-corrected chi connectivity index (χ4v) is 13.4. The Balaban J connectivity index is 1.30. The number of hydrogen-bond donors (Lipinski definition) is 13. The highest BCUT2D eigenvalue weighted by Crippen LogP contribution is 2.51. The Bertz CT molecular complexity index is 5790. The minimum absolute atomic E-state index is 0.0934. The topological polar surface area (TPSA) is 719 Å². The maximum absolute atomic E-state index is 13.2. The fourth-order valence-electron chi connectivity index (χ4n) is 8.13. The van der Waals surface area contributed by atoms with Crippen molar-refractivity contribution in [3.8, 4) is 23.1 Å². The number of benzene rings is 7. The lowest BCUT2D eigenvalue weighted by Gasteiger charge is -2.15. The quantitative estimate of drug-likeness (QED) is 0.0142. The summed E-state index contributed by atoms with van der Waals surface area (Å²) in [5.41, 5.74) is -7.50. The summed E-state index contributed by atoms with van der Waals surface area (Å²) in [7, 11) is -45.2. The van der Waals surface area contributed by atoms with Crippen molar-refractivity contribution in [1.29, 1.82) is 0 Å². The van der Waals surface area contributed by atoms with Crippen LogP contribution in [0.25, 0.3) is 27.2 Å². The molecule has 0 atom stereocenters. The second-order valence-corrected chi connectivity index (χ2v) is 29.0. The Kier molecular flexibility index (Phi) is 17.5. The molecule has 0 saturated carbocycles. The predicted octanol–water partition coefficient (Wildman–Crippen LogP) is 6.12. The van der Waals surface area contributed by atoms with E-state index in [2.05, 4.69) is 46.0 Å². The molecule has 51 heteroatoms. The summed E-state index contributed by atoms with van der Waals surface area (Å²) in [6, 6.07) is 6.48. The highest BCUT2D eigenvalue weighted by Gasteiger charge is 2.33. The predicted molar refractivity (Wildman–Crippen MR) is 303 cm³/mol. The molecular weight excluding hydrogens is 1430 g/mol. The van der Waals surface area contributed by atoms with Gasteiger partial charge in [0, 0.05) is 28.3 Å².